The maximum absolute atomic E-state index is 5.14. The first-order valence-corrected chi connectivity index (χ1v) is 18.6. The number of fused-ring (bicyclic) bond motifs is 8. The van der Waals surface area contributed by atoms with Gasteiger partial charge >= 0.3 is 0 Å². The Labute approximate surface area is 308 Å². The highest BCUT2D eigenvalue weighted by atomic mass is 14.7. The van der Waals surface area contributed by atoms with E-state index >= 15 is 0 Å². The number of hydrogen-bond acceptors (Lipinski definition) is 1. The van der Waals surface area contributed by atoms with Gasteiger partial charge in [-0.3, -0.25) is 0 Å². The molecule has 248 valence electrons. The van der Waals surface area contributed by atoms with Crippen LogP contribution < -0.4 is 0 Å². The molecule has 1 aromatic heterocycles. The zero-order valence-corrected chi connectivity index (χ0v) is 29.7. The van der Waals surface area contributed by atoms with E-state index in [2.05, 4.69) is 190 Å². The van der Waals surface area contributed by atoms with Gasteiger partial charge in [0.1, 0.15) is 0 Å². The molecular weight excluding hydrogens is 639 g/mol. The average molecular weight is 674 g/mol. The van der Waals surface area contributed by atoms with Crippen LogP contribution in [0.25, 0.3) is 98.6 Å². The van der Waals surface area contributed by atoms with Gasteiger partial charge in [-0.05, 0) is 107 Å². The van der Waals surface area contributed by atoms with Crippen LogP contribution in [0.4, 0.5) is 0 Å². The predicted molar refractivity (Wildman–Crippen MR) is 226 cm³/mol. The van der Waals surface area contributed by atoms with E-state index in [1.54, 1.807) is 0 Å². The summed E-state index contributed by atoms with van der Waals surface area (Å²) >= 11 is 0. The molecule has 1 aliphatic carbocycles. The SMILES string of the molecule is CC1(C)c2ccccc2-c2c(-c3c4ccccc4c(-c4c5ccccc5nc5ccccc45)c4ccc(-c5ccc6ccccc6c5)cc34)cccc21. The molecule has 0 radical (unpaired) electrons. The Bertz CT molecular complexity index is 3090. The lowest BCUT2D eigenvalue weighted by atomic mass is 9.80. The standard InChI is InChI=1S/C52H35N/c1-52(2)44-22-10-7-18-39(44)49-42(21-13-23-45(49)52)48-36-16-5-6-17-37(36)50(51-40-19-8-11-24-46(40)53-47-25-12-9-20-41(47)51)38-29-28-35(31-43(38)48)34-27-26-32-14-3-4-15-33(32)30-34/h3-31H,1-2H3. The zero-order valence-electron chi connectivity index (χ0n) is 29.7. The van der Waals surface area contributed by atoms with Gasteiger partial charge in [0.2, 0.25) is 0 Å². The van der Waals surface area contributed by atoms with E-state index in [0.29, 0.717) is 0 Å². The van der Waals surface area contributed by atoms with Gasteiger partial charge in [-0.25, -0.2) is 4.98 Å². The molecule has 10 aromatic rings. The number of nitrogens with zero attached hydrogens (tertiary/aromatic N) is 1. The summed E-state index contributed by atoms with van der Waals surface area (Å²) in [4.78, 5) is 5.14. The van der Waals surface area contributed by atoms with Gasteiger partial charge in [0.25, 0.3) is 0 Å². The van der Waals surface area contributed by atoms with Crippen LogP contribution in [0.2, 0.25) is 0 Å². The molecular formula is C52H35N. The van der Waals surface area contributed by atoms with Crippen LogP contribution in [-0.2, 0) is 5.41 Å². The quantitative estimate of drug-likeness (QED) is 0.170. The van der Waals surface area contributed by atoms with E-state index < -0.39 is 0 Å². The molecule has 0 saturated carbocycles. The van der Waals surface area contributed by atoms with Crippen LogP contribution >= 0.6 is 0 Å². The van der Waals surface area contributed by atoms with Crippen molar-refractivity contribution in [1.82, 2.24) is 4.98 Å². The summed E-state index contributed by atoms with van der Waals surface area (Å²) in [5, 5.41) is 9.84. The topological polar surface area (TPSA) is 12.9 Å². The molecule has 0 saturated heterocycles. The minimum Gasteiger partial charge on any atom is -0.248 e. The molecule has 1 heteroatoms. The maximum atomic E-state index is 5.14. The Morgan fingerprint density at radius 2 is 0.868 bits per heavy atom. The highest BCUT2D eigenvalue weighted by molar-refractivity contribution is 6.27. The van der Waals surface area contributed by atoms with Crippen LogP contribution in [0.1, 0.15) is 25.0 Å². The summed E-state index contributed by atoms with van der Waals surface area (Å²) in [5.41, 5.74) is 14.9. The van der Waals surface area contributed by atoms with Crippen molar-refractivity contribution in [2.75, 3.05) is 0 Å². The molecule has 0 amide bonds. The van der Waals surface area contributed by atoms with Crippen LogP contribution in [0, 0.1) is 0 Å². The van der Waals surface area contributed by atoms with Gasteiger partial charge in [0.05, 0.1) is 11.0 Å². The number of aromatic nitrogens is 1. The fourth-order valence-electron chi connectivity index (χ4n) is 9.36. The fourth-order valence-corrected chi connectivity index (χ4v) is 9.36. The Morgan fingerprint density at radius 3 is 1.64 bits per heavy atom. The number of benzene rings is 9. The number of hydrogen-bond donors (Lipinski definition) is 0. The van der Waals surface area contributed by atoms with E-state index in [-0.39, 0.29) is 5.41 Å². The Balaban J connectivity index is 1.33. The van der Waals surface area contributed by atoms with Crippen molar-refractivity contribution in [3.63, 3.8) is 0 Å². The smallest absolute Gasteiger partial charge is 0.0715 e. The molecule has 0 spiro atoms. The van der Waals surface area contributed by atoms with Crippen molar-refractivity contribution in [3.8, 4) is 44.5 Å². The van der Waals surface area contributed by atoms with Crippen molar-refractivity contribution < 1.29 is 0 Å². The summed E-state index contributed by atoms with van der Waals surface area (Å²) in [7, 11) is 0. The molecule has 0 unspecified atom stereocenters. The van der Waals surface area contributed by atoms with Crippen molar-refractivity contribution in [3.05, 3.63) is 187 Å². The Hall–Kier alpha value is -6.57. The van der Waals surface area contributed by atoms with Gasteiger partial charge in [-0.15, -0.1) is 0 Å². The molecule has 9 aromatic carbocycles. The van der Waals surface area contributed by atoms with Crippen LogP contribution in [0.15, 0.2) is 176 Å². The average Bonchev–Trinajstić information content (AvgIpc) is 3.45. The van der Waals surface area contributed by atoms with Gasteiger partial charge in [0.15, 0.2) is 0 Å². The first-order valence-electron chi connectivity index (χ1n) is 18.6. The molecule has 1 aliphatic rings. The van der Waals surface area contributed by atoms with E-state index in [4.69, 9.17) is 4.98 Å². The normalized spacial score (nSPS) is 13.2. The van der Waals surface area contributed by atoms with Crippen LogP contribution in [0.3, 0.4) is 0 Å². The first-order chi connectivity index (χ1) is 26.1. The first kappa shape index (κ1) is 30.1. The number of rotatable bonds is 3. The Kier molecular flexibility index (Phi) is 6.37. The van der Waals surface area contributed by atoms with Gasteiger partial charge in [0, 0.05) is 21.8 Å². The monoisotopic (exact) mass is 673 g/mol. The van der Waals surface area contributed by atoms with Crippen molar-refractivity contribution in [2.24, 2.45) is 0 Å². The van der Waals surface area contributed by atoms with Crippen molar-refractivity contribution >= 4 is 54.1 Å². The molecule has 0 fully saturated rings. The Morgan fingerprint density at radius 1 is 0.340 bits per heavy atom. The minimum absolute atomic E-state index is 0.0986. The molecule has 1 nitrogen and oxygen atoms in total. The summed E-state index contributed by atoms with van der Waals surface area (Å²) in [6, 6.07) is 65.0. The lowest BCUT2D eigenvalue weighted by Gasteiger charge is -2.23. The third-order valence-corrected chi connectivity index (χ3v) is 11.8. The van der Waals surface area contributed by atoms with Gasteiger partial charge < -0.3 is 0 Å². The lowest BCUT2D eigenvalue weighted by molar-refractivity contribution is 0.660. The summed E-state index contributed by atoms with van der Waals surface area (Å²) in [6.07, 6.45) is 0. The summed E-state index contributed by atoms with van der Waals surface area (Å²) < 4.78 is 0. The molecule has 0 N–H and O–H groups in total. The van der Waals surface area contributed by atoms with E-state index in [1.807, 2.05) is 0 Å². The molecule has 53 heavy (non-hydrogen) atoms. The lowest BCUT2D eigenvalue weighted by Crippen LogP contribution is -2.14. The fraction of sp³-hybridized carbons (Fsp3) is 0.0577. The van der Waals surface area contributed by atoms with Crippen molar-refractivity contribution in [2.45, 2.75) is 19.3 Å². The molecule has 0 bridgehead atoms. The molecule has 0 atom stereocenters. The molecule has 1 heterocycles. The van der Waals surface area contributed by atoms with E-state index in [9.17, 15) is 0 Å². The van der Waals surface area contributed by atoms with Gasteiger partial charge in [-0.2, -0.15) is 0 Å². The third kappa shape index (κ3) is 4.35. The second kappa shape index (κ2) is 11.2. The predicted octanol–water partition coefficient (Wildman–Crippen LogP) is 14.2. The highest BCUT2D eigenvalue weighted by Gasteiger charge is 2.37. The van der Waals surface area contributed by atoms with Crippen LogP contribution in [-0.4, -0.2) is 4.98 Å². The summed E-state index contributed by atoms with van der Waals surface area (Å²) in [6.45, 7) is 4.75. The molecule has 11 rings (SSSR count). The maximum Gasteiger partial charge on any atom is 0.0715 e. The second-order valence-electron chi connectivity index (χ2n) is 15.0. The number of para-hydroxylation sites is 2. The summed E-state index contributed by atoms with van der Waals surface area (Å²) in [5.74, 6) is 0. The van der Waals surface area contributed by atoms with Crippen LogP contribution in [0.5, 0.6) is 0 Å². The molecule has 0 aliphatic heterocycles. The zero-order chi connectivity index (χ0) is 35.3. The highest BCUT2D eigenvalue weighted by Crippen LogP contribution is 2.55. The minimum atomic E-state index is -0.0986. The van der Waals surface area contributed by atoms with Crippen molar-refractivity contribution in [1.29, 1.82) is 0 Å². The van der Waals surface area contributed by atoms with E-state index in [1.165, 1.54) is 98.7 Å². The van der Waals surface area contributed by atoms with E-state index in [0.717, 1.165) is 11.0 Å². The third-order valence-electron chi connectivity index (χ3n) is 11.8. The second-order valence-corrected chi connectivity index (χ2v) is 15.0. The largest absolute Gasteiger partial charge is 0.248 e. The number of pyridine rings is 1. The van der Waals surface area contributed by atoms with Gasteiger partial charge in [-0.1, -0.05) is 166 Å².